The molecule has 2 aliphatic rings. The number of amides is 1. The van der Waals surface area contributed by atoms with E-state index in [1.807, 2.05) is 20.8 Å². The molecular formula is C12H19NO4. The fraction of sp³-hybridized carbons (Fsp3) is 0.833. The lowest BCUT2D eigenvalue weighted by molar-refractivity contribution is -0.137. The molecule has 0 bridgehead atoms. The summed E-state index contributed by atoms with van der Waals surface area (Å²) in [7, 11) is 0. The molecule has 1 N–H and O–H groups in total. The first-order chi connectivity index (χ1) is 7.79. The van der Waals surface area contributed by atoms with E-state index in [1.54, 1.807) is 4.90 Å². The Hall–Kier alpha value is -1.26. The highest BCUT2D eigenvalue weighted by Crippen LogP contribution is 2.52. The molecule has 1 aliphatic carbocycles. The number of carboxylic acid groups (broad SMARTS) is 1. The van der Waals surface area contributed by atoms with Crippen molar-refractivity contribution in [3.8, 4) is 0 Å². The minimum Gasteiger partial charge on any atom is -0.481 e. The van der Waals surface area contributed by atoms with E-state index < -0.39 is 11.6 Å². The van der Waals surface area contributed by atoms with Crippen molar-refractivity contribution in [2.24, 2.45) is 11.8 Å². The van der Waals surface area contributed by atoms with Crippen molar-refractivity contribution in [2.45, 2.75) is 45.3 Å². The Kier molecular flexibility index (Phi) is 2.79. The summed E-state index contributed by atoms with van der Waals surface area (Å²) in [5.41, 5.74) is -0.494. The number of ether oxygens (including phenoxy) is 1. The van der Waals surface area contributed by atoms with E-state index in [2.05, 4.69) is 0 Å². The monoisotopic (exact) mass is 241 g/mol. The SMILES string of the molecule is CC(C)(C)OC(=O)N1CCC2C(CC(=O)O)C21. The van der Waals surface area contributed by atoms with Gasteiger partial charge in [-0.1, -0.05) is 0 Å². The molecule has 0 spiro atoms. The van der Waals surface area contributed by atoms with Crippen LogP contribution in [0.15, 0.2) is 0 Å². The number of hydrogen-bond acceptors (Lipinski definition) is 3. The zero-order valence-corrected chi connectivity index (χ0v) is 10.5. The molecule has 0 aromatic heterocycles. The fourth-order valence-corrected chi connectivity index (χ4v) is 2.72. The second kappa shape index (κ2) is 3.89. The van der Waals surface area contributed by atoms with E-state index in [-0.39, 0.29) is 24.5 Å². The van der Waals surface area contributed by atoms with Crippen LogP contribution in [0.1, 0.15) is 33.6 Å². The minimum absolute atomic E-state index is 0.0981. The van der Waals surface area contributed by atoms with Gasteiger partial charge < -0.3 is 14.7 Å². The van der Waals surface area contributed by atoms with E-state index in [0.717, 1.165) is 6.42 Å². The smallest absolute Gasteiger partial charge is 0.410 e. The maximum Gasteiger partial charge on any atom is 0.410 e. The molecule has 0 radical (unpaired) electrons. The average Bonchev–Trinajstić information content (AvgIpc) is 2.64. The van der Waals surface area contributed by atoms with Crippen molar-refractivity contribution in [1.82, 2.24) is 4.90 Å². The topological polar surface area (TPSA) is 66.8 Å². The molecule has 1 saturated heterocycles. The summed E-state index contributed by atoms with van der Waals surface area (Å²) in [4.78, 5) is 24.2. The van der Waals surface area contributed by atoms with E-state index in [1.165, 1.54) is 0 Å². The van der Waals surface area contributed by atoms with Crippen molar-refractivity contribution in [1.29, 1.82) is 0 Å². The molecule has 3 atom stereocenters. The third kappa shape index (κ3) is 2.53. The normalized spacial score (nSPS) is 31.0. The molecule has 2 rings (SSSR count). The van der Waals surface area contributed by atoms with E-state index >= 15 is 0 Å². The van der Waals surface area contributed by atoms with Crippen molar-refractivity contribution < 1.29 is 19.4 Å². The number of carboxylic acids is 1. The molecule has 0 aromatic rings. The highest BCUT2D eigenvalue weighted by molar-refractivity contribution is 5.71. The predicted octanol–water partition coefficient (Wildman–Crippen LogP) is 1.72. The Morgan fingerprint density at radius 2 is 2.06 bits per heavy atom. The van der Waals surface area contributed by atoms with Crippen molar-refractivity contribution in [3.05, 3.63) is 0 Å². The molecular weight excluding hydrogens is 222 g/mol. The van der Waals surface area contributed by atoms with Crippen LogP contribution in [0.5, 0.6) is 0 Å². The first-order valence-corrected chi connectivity index (χ1v) is 6.01. The molecule has 17 heavy (non-hydrogen) atoms. The van der Waals surface area contributed by atoms with Crippen LogP contribution < -0.4 is 0 Å². The Balaban J connectivity index is 1.92. The lowest BCUT2D eigenvalue weighted by atomic mass is 10.2. The molecule has 5 heteroatoms. The molecule has 3 unspecified atom stereocenters. The number of likely N-dealkylation sites (tertiary alicyclic amines) is 1. The molecule has 1 amide bonds. The minimum atomic E-state index is -0.784. The number of hydrogen-bond donors (Lipinski definition) is 1. The lowest BCUT2D eigenvalue weighted by Gasteiger charge is -2.26. The average molecular weight is 241 g/mol. The summed E-state index contributed by atoms with van der Waals surface area (Å²) in [6, 6.07) is 0.0981. The van der Waals surface area contributed by atoms with E-state index in [4.69, 9.17) is 9.84 Å². The van der Waals surface area contributed by atoms with Crippen LogP contribution in [0, 0.1) is 11.8 Å². The van der Waals surface area contributed by atoms with Gasteiger partial charge in [-0.3, -0.25) is 4.79 Å². The zero-order chi connectivity index (χ0) is 12.8. The van der Waals surface area contributed by atoms with Crippen molar-refractivity contribution in [2.75, 3.05) is 6.54 Å². The van der Waals surface area contributed by atoms with Gasteiger partial charge in [0, 0.05) is 12.6 Å². The summed E-state index contributed by atoms with van der Waals surface area (Å²) in [6.45, 7) is 6.20. The third-order valence-electron chi connectivity index (χ3n) is 3.39. The van der Waals surface area contributed by atoms with Crippen LogP contribution in [0.2, 0.25) is 0 Å². The molecule has 1 heterocycles. The van der Waals surface area contributed by atoms with Gasteiger partial charge in [-0.25, -0.2) is 4.79 Å². The number of aliphatic carboxylic acids is 1. The van der Waals surface area contributed by atoms with Gasteiger partial charge in [0.1, 0.15) is 5.60 Å². The number of piperidine rings is 1. The van der Waals surface area contributed by atoms with Crippen LogP contribution in [0.4, 0.5) is 4.79 Å². The molecule has 2 fully saturated rings. The second-order valence-electron chi connectivity index (χ2n) is 5.88. The van der Waals surface area contributed by atoms with Crippen molar-refractivity contribution in [3.63, 3.8) is 0 Å². The zero-order valence-electron chi connectivity index (χ0n) is 10.5. The summed E-state index contributed by atoms with van der Waals surface area (Å²) in [5.74, 6) is -0.277. The van der Waals surface area contributed by atoms with Gasteiger partial charge in [0.15, 0.2) is 0 Å². The number of rotatable bonds is 2. The second-order valence-corrected chi connectivity index (χ2v) is 5.88. The van der Waals surface area contributed by atoms with Gasteiger partial charge in [0.05, 0.1) is 6.42 Å². The Labute approximate surface area is 101 Å². The summed E-state index contributed by atoms with van der Waals surface area (Å²) in [5, 5.41) is 8.76. The molecule has 5 nitrogen and oxygen atoms in total. The van der Waals surface area contributed by atoms with Crippen LogP contribution in [-0.4, -0.2) is 40.3 Å². The van der Waals surface area contributed by atoms with Gasteiger partial charge in [0.25, 0.3) is 0 Å². The Bertz CT molecular complexity index is 347. The van der Waals surface area contributed by atoms with Gasteiger partial charge in [-0.15, -0.1) is 0 Å². The van der Waals surface area contributed by atoms with Gasteiger partial charge in [-0.2, -0.15) is 0 Å². The van der Waals surface area contributed by atoms with Crippen LogP contribution in [0.25, 0.3) is 0 Å². The van der Waals surface area contributed by atoms with Crippen LogP contribution >= 0.6 is 0 Å². The van der Waals surface area contributed by atoms with Gasteiger partial charge in [0.2, 0.25) is 0 Å². The molecule has 1 saturated carbocycles. The Morgan fingerprint density at radius 3 is 2.59 bits per heavy atom. The number of carbonyl (C=O) groups excluding carboxylic acids is 1. The maximum absolute atomic E-state index is 11.9. The van der Waals surface area contributed by atoms with Gasteiger partial charge >= 0.3 is 12.1 Å². The maximum atomic E-state index is 11.9. The Morgan fingerprint density at radius 1 is 1.41 bits per heavy atom. The fourth-order valence-electron chi connectivity index (χ4n) is 2.72. The van der Waals surface area contributed by atoms with Gasteiger partial charge in [-0.05, 0) is 39.0 Å². The first kappa shape index (κ1) is 12.2. The van der Waals surface area contributed by atoms with E-state index in [0.29, 0.717) is 12.5 Å². The lowest BCUT2D eigenvalue weighted by Crippen LogP contribution is -2.37. The summed E-state index contributed by atoms with van der Waals surface area (Å²) in [6.07, 6.45) is 0.758. The first-order valence-electron chi connectivity index (χ1n) is 6.01. The van der Waals surface area contributed by atoms with E-state index in [9.17, 15) is 9.59 Å². The summed E-state index contributed by atoms with van der Waals surface area (Å²) >= 11 is 0. The highest BCUT2D eigenvalue weighted by Gasteiger charge is 2.59. The van der Waals surface area contributed by atoms with Crippen LogP contribution in [-0.2, 0) is 9.53 Å². The summed E-state index contributed by atoms with van der Waals surface area (Å²) < 4.78 is 5.31. The standard InChI is InChI=1S/C12H19NO4/c1-12(2,3)17-11(16)13-5-4-7-8(10(7)13)6-9(14)15/h7-8,10H,4-6H2,1-3H3,(H,14,15). The number of fused-ring (bicyclic) bond motifs is 1. The quantitative estimate of drug-likeness (QED) is 0.799. The highest BCUT2D eigenvalue weighted by atomic mass is 16.6. The number of nitrogens with zero attached hydrogens (tertiary/aromatic N) is 1. The third-order valence-corrected chi connectivity index (χ3v) is 3.39. The van der Waals surface area contributed by atoms with Crippen molar-refractivity contribution >= 4 is 12.1 Å². The molecule has 1 aliphatic heterocycles. The van der Waals surface area contributed by atoms with Crippen LogP contribution in [0.3, 0.4) is 0 Å². The predicted molar refractivity (Wildman–Crippen MR) is 60.6 cm³/mol. The molecule has 96 valence electrons. The molecule has 0 aromatic carbocycles. The number of carbonyl (C=O) groups is 2. The largest absolute Gasteiger partial charge is 0.481 e.